The number of carbonyl (C=O) groups is 2. The number of hydrogen-bond donors (Lipinski definition) is 5. The van der Waals surface area contributed by atoms with E-state index >= 15 is 0 Å². The summed E-state index contributed by atoms with van der Waals surface area (Å²) in [5, 5.41) is 26.1. The summed E-state index contributed by atoms with van der Waals surface area (Å²) in [5.41, 5.74) is 8.41. The van der Waals surface area contributed by atoms with Crippen LogP contribution in [-0.2, 0) is 0 Å². The molecule has 0 atom stereocenters. The minimum atomic E-state index is -1.01. The van der Waals surface area contributed by atoms with E-state index in [9.17, 15) is 9.59 Å². The molecule has 29 heavy (non-hydrogen) atoms. The highest BCUT2D eigenvalue weighted by molar-refractivity contribution is 5.89. The van der Waals surface area contributed by atoms with E-state index in [1.54, 1.807) is 48.8 Å². The van der Waals surface area contributed by atoms with Crippen LogP contribution >= 0.6 is 0 Å². The summed E-state index contributed by atoms with van der Waals surface area (Å²) >= 11 is 0. The fourth-order valence-electron chi connectivity index (χ4n) is 2.38. The molecule has 0 saturated heterocycles. The highest BCUT2D eigenvalue weighted by Crippen LogP contribution is 2.11. The van der Waals surface area contributed by atoms with Gasteiger partial charge >= 0.3 is 11.9 Å². The number of carboxylic acids is 2. The number of aromatic amines is 1. The van der Waals surface area contributed by atoms with Gasteiger partial charge in [-0.25, -0.2) is 9.59 Å². The molecule has 1 aromatic heterocycles. The monoisotopic (exact) mass is 391 g/mol. The van der Waals surface area contributed by atoms with Gasteiger partial charge in [0.05, 0.1) is 46.3 Å². The molecule has 2 aromatic carbocycles. The number of nitrogens with one attached hydrogen (secondary N) is 3. The predicted octanol–water partition coefficient (Wildman–Crippen LogP) is 3.30. The van der Waals surface area contributed by atoms with E-state index < -0.39 is 11.9 Å². The summed E-state index contributed by atoms with van der Waals surface area (Å²) in [6.45, 7) is 0. The van der Waals surface area contributed by atoms with Gasteiger partial charge in [0, 0.05) is 0 Å². The third-order valence-corrected chi connectivity index (χ3v) is 3.74. The summed E-state index contributed by atoms with van der Waals surface area (Å²) in [5.74, 6) is -2.01. The Morgan fingerprint density at radius 2 is 1.21 bits per heavy atom. The van der Waals surface area contributed by atoms with Crippen LogP contribution in [0.15, 0.2) is 70.9 Å². The van der Waals surface area contributed by atoms with Crippen LogP contribution in [0.5, 0.6) is 0 Å². The van der Waals surface area contributed by atoms with Crippen molar-refractivity contribution in [3.8, 4) is 0 Å². The molecule has 0 spiro atoms. The molecule has 0 saturated carbocycles. The van der Waals surface area contributed by atoms with Crippen LogP contribution in [0.4, 0.5) is 11.4 Å². The number of aromatic carboxylic acids is 2. The number of aromatic nitrogens is 1. The molecular weight excluding hydrogens is 374 g/mol. The van der Waals surface area contributed by atoms with Crippen LogP contribution < -0.4 is 10.9 Å². The molecule has 9 heteroatoms. The lowest BCUT2D eigenvalue weighted by Crippen LogP contribution is -1.98. The zero-order valence-electron chi connectivity index (χ0n) is 15.0. The van der Waals surface area contributed by atoms with Gasteiger partial charge in [-0.05, 0) is 48.5 Å². The number of hydrogen-bond acceptors (Lipinski definition) is 6. The van der Waals surface area contributed by atoms with Crippen LogP contribution in [0.1, 0.15) is 32.1 Å². The normalized spacial score (nSPS) is 11.0. The Bertz CT molecular complexity index is 1000. The lowest BCUT2D eigenvalue weighted by atomic mass is 10.2. The minimum Gasteiger partial charge on any atom is -0.478 e. The molecule has 0 unspecified atom stereocenters. The van der Waals surface area contributed by atoms with E-state index in [2.05, 4.69) is 26.0 Å². The number of rotatable bonds is 8. The van der Waals surface area contributed by atoms with Gasteiger partial charge in [0.15, 0.2) is 0 Å². The largest absolute Gasteiger partial charge is 0.478 e. The van der Waals surface area contributed by atoms with Gasteiger partial charge in [-0.2, -0.15) is 10.2 Å². The molecule has 0 aliphatic carbocycles. The Balaban J connectivity index is 1.56. The average molecular weight is 391 g/mol. The maximum absolute atomic E-state index is 11.0. The van der Waals surface area contributed by atoms with Crippen molar-refractivity contribution >= 4 is 35.7 Å². The summed E-state index contributed by atoms with van der Waals surface area (Å²) < 4.78 is 0. The third kappa shape index (κ3) is 5.54. The Morgan fingerprint density at radius 1 is 0.759 bits per heavy atom. The Kier molecular flexibility index (Phi) is 6.01. The number of nitrogens with zero attached hydrogens (tertiary/aromatic N) is 2. The van der Waals surface area contributed by atoms with Gasteiger partial charge in [0.1, 0.15) is 0 Å². The van der Waals surface area contributed by atoms with Crippen molar-refractivity contribution in [3.05, 3.63) is 83.2 Å². The zero-order chi connectivity index (χ0) is 20.6. The van der Waals surface area contributed by atoms with Crippen molar-refractivity contribution in [1.82, 2.24) is 4.98 Å². The summed E-state index contributed by atoms with van der Waals surface area (Å²) in [6, 6.07) is 16.2. The quantitative estimate of drug-likeness (QED) is 0.295. The molecular formula is C20H17N5O4. The maximum atomic E-state index is 11.0. The highest BCUT2D eigenvalue weighted by Gasteiger charge is 2.03. The Hall–Kier alpha value is -4.40. The molecule has 146 valence electrons. The van der Waals surface area contributed by atoms with Crippen molar-refractivity contribution in [2.45, 2.75) is 0 Å². The molecule has 3 aromatic rings. The lowest BCUT2D eigenvalue weighted by Gasteiger charge is -2.01. The summed E-state index contributed by atoms with van der Waals surface area (Å²) in [7, 11) is 0. The Labute approximate surface area is 165 Å². The van der Waals surface area contributed by atoms with Gasteiger partial charge in [-0.3, -0.25) is 10.9 Å². The van der Waals surface area contributed by atoms with Crippen molar-refractivity contribution in [2.24, 2.45) is 10.2 Å². The van der Waals surface area contributed by atoms with Crippen LogP contribution in [-0.4, -0.2) is 39.6 Å². The standard InChI is InChI=1S/C20H17N5O4/c26-19(27)13-3-1-5-15(9-13)24-21-11-17-7-8-18(23-17)12-22-25-16-6-2-4-14(10-16)20(28)29/h1-12,23-25H,(H,26,27)(H,28,29). The van der Waals surface area contributed by atoms with Crippen molar-refractivity contribution in [2.75, 3.05) is 10.9 Å². The molecule has 0 amide bonds. The second-order valence-corrected chi connectivity index (χ2v) is 5.88. The van der Waals surface area contributed by atoms with Gasteiger partial charge < -0.3 is 15.2 Å². The summed E-state index contributed by atoms with van der Waals surface area (Å²) in [6.07, 6.45) is 3.10. The fraction of sp³-hybridized carbons (Fsp3) is 0. The fourth-order valence-corrected chi connectivity index (χ4v) is 2.38. The summed E-state index contributed by atoms with van der Waals surface area (Å²) in [4.78, 5) is 25.0. The smallest absolute Gasteiger partial charge is 0.335 e. The van der Waals surface area contributed by atoms with Crippen molar-refractivity contribution in [1.29, 1.82) is 0 Å². The van der Waals surface area contributed by atoms with Crippen molar-refractivity contribution in [3.63, 3.8) is 0 Å². The van der Waals surface area contributed by atoms with E-state index in [1.807, 2.05) is 0 Å². The molecule has 0 aliphatic rings. The molecule has 9 nitrogen and oxygen atoms in total. The topological polar surface area (TPSA) is 139 Å². The molecule has 0 aliphatic heterocycles. The first kappa shape index (κ1) is 19.4. The highest BCUT2D eigenvalue weighted by atomic mass is 16.4. The minimum absolute atomic E-state index is 0.171. The van der Waals surface area contributed by atoms with Gasteiger partial charge in [0.2, 0.25) is 0 Å². The molecule has 0 fully saturated rings. The van der Waals surface area contributed by atoms with E-state index in [0.29, 0.717) is 22.8 Å². The van der Waals surface area contributed by atoms with Crippen LogP contribution in [0.2, 0.25) is 0 Å². The second-order valence-electron chi connectivity index (χ2n) is 5.88. The SMILES string of the molecule is O=C(O)c1cccc(NN=Cc2ccc(C=NNc3cccc(C(=O)O)c3)[nH]2)c1. The first-order valence-corrected chi connectivity index (χ1v) is 8.45. The Morgan fingerprint density at radius 3 is 1.62 bits per heavy atom. The van der Waals surface area contributed by atoms with Crippen LogP contribution in [0.25, 0.3) is 0 Å². The first-order chi connectivity index (χ1) is 14.0. The van der Waals surface area contributed by atoms with Crippen molar-refractivity contribution < 1.29 is 19.8 Å². The third-order valence-electron chi connectivity index (χ3n) is 3.74. The van der Waals surface area contributed by atoms with Gasteiger partial charge in [-0.1, -0.05) is 12.1 Å². The number of benzene rings is 2. The van der Waals surface area contributed by atoms with E-state index in [4.69, 9.17) is 10.2 Å². The predicted molar refractivity (Wildman–Crippen MR) is 110 cm³/mol. The van der Waals surface area contributed by atoms with Crippen LogP contribution in [0.3, 0.4) is 0 Å². The average Bonchev–Trinajstić information content (AvgIpc) is 3.16. The van der Waals surface area contributed by atoms with E-state index in [1.165, 1.54) is 24.3 Å². The molecule has 0 bridgehead atoms. The van der Waals surface area contributed by atoms with E-state index in [0.717, 1.165) is 0 Å². The molecule has 5 N–H and O–H groups in total. The zero-order valence-corrected chi connectivity index (χ0v) is 15.0. The number of H-pyrrole nitrogens is 1. The van der Waals surface area contributed by atoms with Crippen LogP contribution in [0, 0.1) is 0 Å². The maximum Gasteiger partial charge on any atom is 0.335 e. The first-order valence-electron chi connectivity index (χ1n) is 8.45. The van der Waals surface area contributed by atoms with E-state index in [-0.39, 0.29) is 11.1 Å². The van der Waals surface area contributed by atoms with Gasteiger partial charge in [-0.15, -0.1) is 0 Å². The molecule has 1 heterocycles. The van der Waals surface area contributed by atoms with Gasteiger partial charge in [0.25, 0.3) is 0 Å². The molecule has 0 radical (unpaired) electrons. The lowest BCUT2D eigenvalue weighted by molar-refractivity contribution is 0.0686. The molecule has 3 rings (SSSR count). The number of carboxylic acid groups (broad SMARTS) is 2. The number of hydrazone groups is 2. The second kappa shape index (κ2) is 9.00. The number of anilines is 2.